The molecule has 2 aromatic rings. The van der Waals surface area contributed by atoms with Gasteiger partial charge in [-0.15, -0.1) is 0 Å². The molecule has 0 spiro atoms. The summed E-state index contributed by atoms with van der Waals surface area (Å²) >= 11 is 0. The first kappa shape index (κ1) is 13.7. The average Bonchev–Trinajstić information content (AvgIpc) is 3.09. The van der Waals surface area contributed by atoms with Gasteiger partial charge in [0.15, 0.2) is 0 Å². The summed E-state index contributed by atoms with van der Waals surface area (Å²) in [5.41, 5.74) is 0.900. The molecule has 1 aliphatic carbocycles. The standard InChI is InChI=1S/C17H18N2O2/c1-16(2,3)21-15(20)19-9-6-12-4-5-13(10-14(12)19)17(11-18)7-8-17/h4-6,9-10H,7-8H2,1-3H3. The number of ether oxygens (including phenoxy) is 1. The van der Waals surface area contributed by atoms with Gasteiger partial charge in [-0.2, -0.15) is 5.26 Å². The SMILES string of the molecule is CC(C)(C)OC(=O)n1ccc2ccc(C3(C#N)CC3)cc21. The third-order valence-electron chi connectivity index (χ3n) is 3.80. The van der Waals surface area contributed by atoms with Gasteiger partial charge in [-0.25, -0.2) is 4.79 Å². The van der Waals surface area contributed by atoms with Gasteiger partial charge < -0.3 is 4.74 Å². The van der Waals surface area contributed by atoms with Crippen molar-refractivity contribution >= 4 is 17.0 Å². The largest absolute Gasteiger partial charge is 0.443 e. The van der Waals surface area contributed by atoms with Crippen molar-refractivity contribution in [2.75, 3.05) is 0 Å². The number of benzene rings is 1. The van der Waals surface area contributed by atoms with Gasteiger partial charge in [0.25, 0.3) is 0 Å². The van der Waals surface area contributed by atoms with Crippen molar-refractivity contribution in [3.8, 4) is 6.07 Å². The van der Waals surface area contributed by atoms with E-state index in [0.29, 0.717) is 0 Å². The fraction of sp³-hybridized carbons (Fsp3) is 0.412. The minimum Gasteiger partial charge on any atom is -0.443 e. The Morgan fingerprint density at radius 3 is 2.62 bits per heavy atom. The zero-order valence-electron chi connectivity index (χ0n) is 12.5. The second-order valence-corrected chi connectivity index (χ2v) is 6.63. The van der Waals surface area contributed by atoms with Crippen LogP contribution in [0.3, 0.4) is 0 Å². The van der Waals surface area contributed by atoms with E-state index in [4.69, 9.17) is 4.74 Å². The van der Waals surface area contributed by atoms with Gasteiger partial charge in [0.2, 0.25) is 0 Å². The van der Waals surface area contributed by atoms with E-state index in [0.717, 1.165) is 29.3 Å². The van der Waals surface area contributed by atoms with E-state index in [-0.39, 0.29) is 5.41 Å². The fourth-order valence-electron chi connectivity index (χ4n) is 2.49. The number of carbonyl (C=O) groups excluding carboxylic acids is 1. The van der Waals surface area contributed by atoms with Crippen molar-refractivity contribution < 1.29 is 9.53 Å². The Hall–Kier alpha value is -2.28. The van der Waals surface area contributed by atoms with E-state index in [1.807, 2.05) is 45.0 Å². The van der Waals surface area contributed by atoms with Crippen molar-refractivity contribution in [1.29, 1.82) is 5.26 Å². The number of hydrogen-bond acceptors (Lipinski definition) is 3. The summed E-state index contributed by atoms with van der Waals surface area (Å²) in [4.78, 5) is 12.3. The van der Waals surface area contributed by atoms with Gasteiger partial charge in [0, 0.05) is 11.6 Å². The van der Waals surface area contributed by atoms with Crippen LogP contribution in [-0.2, 0) is 10.2 Å². The van der Waals surface area contributed by atoms with Gasteiger partial charge in [0.1, 0.15) is 5.60 Å². The van der Waals surface area contributed by atoms with E-state index < -0.39 is 11.7 Å². The van der Waals surface area contributed by atoms with Crippen molar-refractivity contribution in [2.45, 2.75) is 44.6 Å². The molecule has 21 heavy (non-hydrogen) atoms. The molecule has 0 unspecified atom stereocenters. The first-order chi connectivity index (χ1) is 9.85. The highest BCUT2D eigenvalue weighted by atomic mass is 16.6. The van der Waals surface area contributed by atoms with Crippen LogP contribution >= 0.6 is 0 Å². The molecule has 0 radical (unpaired) electrons. The molecule has 0 N–H and O–H groups in total. The number of aromatic nitrogens is 1. The molecule has 1 saturated carbocycles. The second kappa shape index (κ2) is 4.36. The summed E-state index contributed by atoms with van der Waals surface area (Å²) < 4.78 is 6.93. The van der Waals surface area contributed by atoms with Crippen molar-refractivity contribution in [2.24, 2.45) is 0 Å². The van der Waals surface area contributed by atoms with Gasteiger partial charge >= 0.3 is 6.09 Å². The molecule has 0 aliphatic heterocycles. The highest BCUT2D eigenvalue weighted by Gasteiger charge is 2.45. The maximum atomic E-state index is 12.3. The van der Waals surface area contributed by atoms with Gasteiger partial charge in [-0.1, -0.05) is 12.1 Å². The molecule has 1 fully saturated rings. The van der Waals surface area contributed by atoms with Crippen molar-refractivity contribution in [3.63, 3.8) is 0 Å². The number of hydrogen-bond donors (Lipinski definition) is 0. The van der Waals surface area contributed by atoms with Crippen LogP contribution in [0.2, 0.25) is 0 Å². The van der Waals surface area contributed by atoms with Crippen LogP contribution in [0.1, 0.15) is 39.2 Å². The fourth-order valence-corrected chi connectivity index (χ4v) is 2.49. The highest BCUT2D eigenvalue weighted by Crippen LogP contribution is 2.48. The van der Waals surface area contributed by atoms with Gasteiger partial charge in [-0.05, 0) is 51.3 Å². The monoisotopic (exact) mass is 282 g/mol. The smallest absolute Gasteiger partial charge is 0.418 e. The van der Waals surface area contributed by atoms with Gasteiger partial charge in [-0.3, -0.25) is 4.57 Å². The Bertz CT molecular complexity index is 755. The summed E-state index contributed by atoms with van der Waals surface area (Å²) in [5, 5.41) is 10.3. The molecule has 4 nitrogen and oxygen atoms in total. The number of nitrogens with zero attached hydrogens (tertiary/aromatic N) is 2. The van der Waals surface area contributed by atoms with Crippen LogP contribution < -0.4 is 0 Å². The lowest BCUT2D eigenvalue weighted by Gasteiger charge is -2.20. The molecular formula is C17H18N2O2. The quantitative estimate of drug-likeness (QED) is 0.795. The Labute approximate surface area is 123 Å². The molecule has 0 bridgehead atoms. The van der Waals surface area contributed by atoms with Crippen LogP contribution in [0, 0.1) is 11.3 Å². The lowest BCUT2D eigenvalue weighted by molar-refractivity contribution is 0.0544. The molecule has 108 valence electrons. The molecular weight excluding hydrogens is 264 g/mol. The summed E-state index contributed by atoms with van der Waals surface area (Å²) in [5.74, 6) is 0. The second-order valence-electron chi connectivity index (χ2n) is 6.63. The van der Waals surface area contributed by atoms with Crippen LogP contribution in [0.15, 0.2) is 30.5 Å². The summed E-state index contributed by atoms with van der Waals surface area (Å²) in [6, 6.07) is 10.2. The minimum absolute atomic E-state index is 0.350. The van der Waals surface area contributed by atoms with Crippen molar-refractivity contribution in [3.05, 3.63) is 36.0 Å². The van der Waals surface area contributed by atoms with E-state index in [1.165, 1.54) is 4.57 Å². The van der Waals surface area contributed by atoms with Crippen LogP contribution in [0.4, 0.5) is 4.79 Å². The Kier molecular flexibility index (Phi) is 2.84. The molecule has 1 aromatic heterocycles. The maximum Gasteiger partial charge on any atom is 0.418 e. The lowest BCUT2D eigenvalue weighted by Crippen LogP contribution is -2.26. The third kappa shape index (κ3) is 2.40. The number of rotatable bonds is 1. The molecule has 0 amide bonds. The number of carbonyl (C=O) groups is 1. The predicted octanol–water partition coefficient (Wildman–Crippen LogP) is 3.98. The number of nitriles is 1. The van der Waals surface area contributed by atoms with Crippen LogP contribution in [0.25, 0.3) is 10.9 Å². The van der Waals surface area contributed by atoms with E-state index >= 15 is 0 Å². The predicted molar refractivity (Wildman–Crippen MR) is 80.1 cm³/mol. The van der Waals surface area contributed by atoms with Gasteiger partial charge in [0.05, 0.1) is 17.0 Å². The molecule has 1 aliphatic rings. The topological polar surface area (TPSA) is 55.0 Å². The van der Waals surface area contributed by atoms with Crippen molar-refractivity contribution in [1.82, 2.24) is 4.57 Å². The zero-order chi connectivity index (χ0) is 15.3. The zero-order valence-corrected chi connectivity index (χ0v) is 12.5. The highest BCUT2D eigenvalue weighted by molar-refractivity contribution is 5.90. The summed E-state index contributed by atoms with van der Waals surface area (Å²) in [6.07, 6.45) is 3.11. The molecule has 4 heteroatoms. The summed E-state index contributed by atoms with van der Waals surface area (Å²) in [7, 11) is 0. The van der Waals surface area contributed by atoms with E-state index in [1.54, 1.807) is 6.20 Å². The molecule has 1 aromatic carbocycles. The first-order valence-electron chi connectivity index (χ1n) is 7.11. The molecule has 3 rings (SSSR count). The van der Waals surface area contributed by atoms with Crippen LogP contribution in [0.5, 0.6) is 0 Å². The van der Waals surface area contributed by atoms with E-state index in [9.17, 15) is 10.1 Å². The summed E-state index contributed by atoms with van der Waals surface area (Å²) in [6.45, 7) is 5.53. The van der Waals surface area contributed by atoms with Crippen LogP contribution in [-0.4, -0.2) is 16.3 Å². The minimum atomic E-state index is -0.532. The molecule has 0 atom stereocenters. The van der Waals surface area contributed by atoms with E-state index in [2.05, 4.69) is 6.07 Å². The maximum absolute atomic E-state index is 12.3. The lowest BCUT2D eigenvalue weighted by atomic mass is 9.97. The molecule has 0 saturated heterocycles. The molecule has 1 heterocycles. The third-order valence-corrected chi connectivity index (χ3v) is 3.80. The average molecular weight is 282 g/mol. The Morgan fingerprint density at radius 2 is 2.05 bits per heavy atom. The first-order valence-corrected chi connectivity index (χ1v) is 7.11. The Morgan fingerprint density at radius 1 is 1.33 bits per heavy atom. The number of fused-ring (bicyclic) bond motifs is 1. The normalized spacial score (nSPS) is 16.5. The Balaban J connectivity index is 2.03.